The van der Waals surface area contributed by atoms with Crippen molar-refractivity contribution in [2.75, 3.05) is 26.4 Å². The summed E-state index contributed by atoms with van der Waals surface area (Å²) in [7, 11) is -4.52. The molecule has 0 aliphatic carbocycles. The third-order valence-electron chi connectivity index (χ3n) is 1.80. The number of hydrogen-bond donors (Lipinski definition) is 1. The van der Waals surface area contributed by atoms with E-state index in [0.29, 0.717) is 13.2 Å². The first-order valence-electron chi connectivity index (χ1n) is 5.00. The van der Waals surface area contributed by atoms with Crippen LogP contribution in [0.25, 0.3) is 0 Å². The molecule has 0 spiro atoms. The number of hydrogen-bond acceptors (Lipinski definition) is 6. The maximum atomic E-state index is 11.2. The Bertz CT molecular complexity index is 335. The summed E-state index contributed by atoms with van der Waals surface area (Å²) in [6.45, 7) is 2.57. The van der Waals surface area contributed by atoms with Crippen molar-refractivity contribution in [1.82, 2.24) is 0 Å². The van der Waals surface area contributed by atoms with Gasteiger partial charge in [0.1, 0.15) is 18.1 Å². The molecule has 0 aromatic rings. The van der Waals surface area contributed by atoms with Crippen molar-refractivity contribution in [2.45, 2.75) is 18.6 Å². The van der Waals surface area contributed by atoms with E-state index in [1.807, 2.05) is 6.92 Å². The highest BCUT2D eigenvalue weighted by Gasteiger charge is 2.25. The minimum absolute atomic E-state index is 0.0213. The third-order valence-corrected chi connectivity index (χ3v) is 2.85. The molecule has 0 aromatic heterocycles. The van der Waals surface area contributed by atoms with Crippen molar-refractivity contribution in [1.29, 1.82) is 0 Å². The Balaban J connectivity index is 3.89. The smallest absolute Gasteiger partial charge is 0.275 e. The normalized spacial score (nSPS) is 13.3. The van der Waals surface area contributed by atoms with Crippen molar-refractivity contribution in [2.24, 2.45) is 0 Å². The molecule has 0 saturated carbocycles. The van der Waals surface area contributed by atoms with Crippen LogP contribution in [0.4, 0.5) is 0 Å². The Labute approximate surface area is 99.8 Å². The zero-order valence-corrected chi connectivity index (χ0v) is 10.3. The molecule has 1 unspecified atom stereocenters. The lowest BCUT2D eigenvalue weighted by Crippen LogP contribution is -2.27. The lowest BCUT2D eigenvalue weighted by Gasteiger charge is -2.06. The number of ketones is 1. The maximum Gasteiger partial charge on any atom is 0.275 e. The lowest BCUT2D eigenvalue weighted by atomic mass is 10.2. The molecule has 100 valence electrons. The molecule has 0 rings (SSSR count). The summed E-state index contributed by atoms with van der Waals surface area (Å²) in [6, 6.07) is 0. The molecule has 0 heterocycles. The highest BCUT2D eigenvalue weighted by Crippen LogP contribution is 2.02. The summed E-state index contributed by atoms with van der Waals surface area (Å²) in [5.74, 6) is -0.573. The second-order valence-electron chi connectivity index (χ2n) is 3.18. The SMILES string of the molecule is CCOCCOCC(=O)CC(C=O)S(=O)(=O)O. The van der Waals surface area contributed by atoms with Gasteiger partial charge in [-0.2, -0.15) is 8.42 Å². The van der Waals surface area contributed by atoms with Gasteiger partial charge < -0.3 is 14.3 Å². The molecule has 0 aliphatic heterocycles. The fourth-order valence-electron chi connectivity index (χ4n) is 0.955. The Hall–Kier alpha value is -0.830. The molecule has 8 heteroatoms. The molecule has 0 saturated heterocycles. The van der Waals surface area contributed by atoms with E-state index in [0.717, 1.165) is 0 Å². The maximum absolute atomic E-state index is 11.2. The van der Waals surface area contributed by atoms with Crippen LogP contribution in [0.15, 0.2) is 0 Å². The van der Waals surface area contributed by atoms with Crippen molar-refractivity contribution < 1.29 is 32.0 Å². The zero-order chi connectivity index (χ0) is 13.3. The summed E-state index contributed by atoms with van der Waals surface area (Å²) < 4.78 is 39.7. The summed E-state index contributed by atoms with van der Waals surface area (Å²) >= 11 is 0. The number of rotatable bonds is 10. The van der Waals surface area contributed by atoms with Crippen molar-refractivity contribution >= 4 is 22.2 Å². The van der Waals surface area contributed by atoms with Crippen LogP contribution in [0.3, 0.4) is 0 Å². The van der Waals surface area contributed by atoms with E-state index in [4.69, 9.17) is 14.0 Å². The zero-order valence-electron chi connectivity index (χ0n) is 9.50. The Morgan fingerprint density at radius 1 is 1.35 bits per heavy atom. The highest BCUT2D eigenvalue weighted by atomic mass is 32.2. The number of carbonyl (C=O) groups excluding carboxylic acids is 2. The van der Waals surface area contributed by atoms with E-state index in [-0.39, 0.29) is 19.5 Å². The number of ether oxygens (including phenoxy) is 2. The van der Waals surface area contributed by atoms with Gasteiger partial charge in [-0.05, 0) is 6.92 Å². The Kier molecular flexibility index (Phi) is 7.88. The largest absolute Gasteiger partial charge is 0.379 e. The average molecular weight is 268 g/mol. The Morgan fingerprint density at radius 3 is 2.41 bits per heavy atom. The van der Waals surface area contributed by atoms with Crippen LogP contribution in [0, 0.1) is 0 Å². The number of Topliss-reactive ketones (excluding diaryl/α,β-unsaturated/α-hetero) is 1. The van der Waals surface area contributed by atoms with Gasteiger partial charge >= 0.3 is 0 Å². The first-order chi connectivity index (χ1) is 7.91. The van der Waals surface area contributed by atoms with Crippen LogP contribution >= 0.6 is 0 Å². The molecule has 17 heavy (non-hydrogen) atoms. The predicted octanol–water partition coefficient (Wildman–Crippen LogP) is -0.546. The molecule has 7 nitrogen and oxygen atoms in total. The average Bonchev–Trinajstić information content (AvgIpc) is 2.24. The predicted molar refractivity (Wildman–Crippen MR) is 58.3 cm³/mol. The molecule has 0 amide bonds. The van der Waals surface area contributed by atoms with Gasteiger partial charge in [-0.1, -0.05) is 0 Å². The molecule has 0 bridgehead atoms. The van der Waals surface area contributed by atoms with Crippen LogP contribution in [-0.4, -0.2) is 56.7 Å². The highest BCUT2D eigenvalue weighted by molar-refractivity contribution is 7.87. The van der Waals surface area contributed by atoms with E-state index in [1.165, 1.54) is 0 Å². The summed E-state index contributed by atoms with van der Waals surface area (Å²) in [6.07, 6.45) is -0.565. The van der Waals surface area contributed by atoms with Gasteiger partial charge in [0, 0.05) is 13.0 Å². The third kappa shape index (κ3) is 7.97. The standard InChI is InChI=1S/C9H16O7S/c1-2-15-3-4-16-7-8(11)5-9(6-10)17(12,13)14/h6,9H,2-5,7H2,1H3,(H,12,13,14). The monoisotopic (exact) mass is 268 g/mol. The first kappa shape index (κ1) is 16.2. The summed E-state index contributed by atoms with van der Waals surface area (Å²) in [5, 5.41) is -1.72. The fourth-order valence-corrected chi connectivity index (χ4v) is 1.49. The van der Waals surface area contributed by atoms with E-state index >= 15 is 0 Å². The van der Waals surface area contributed by atoms with Gasteiger partial charge in [-0.15, -0.1) is 0 Å². The first-order valence-corrected chi connectivity index (χ1v) is 6.51. The summed E-state index contributed by atoms with van der Waals surface area (Å²) in [5.41, 5.74) is 0. The molecule has 0 aliphatic rings. The second-order valence-corrected chi connectivity index (χ2v) is 4.82. The fraction of sp³-hybridized carbons (Fsp3) is 0.778. The van der Waals surface area contributed by atoms with Gasteiger partial charge in [0.2, 0.25) is 0 Å². The molecule has 1 atom stereocenters. The van der Waals surface area contributed by atoms with Gasteiger partial charge in [0.05, 0.1) is 13.2 Å². The van der Waals surface area contributed by atoms with Gasteiger partial charge in [0.25, 0.3) is 10.1 Å². The van der Waals surface area contributed by atoms with Crippen molar-refractivity contribution in [3.8, 4) is 0 Å². The van der Waals surface area contributed by atoms with Gasteiger partial charge in [0.15, 0.2) is 5.78 Å². The summed E-state index contributed by atoms with van der Waals surface area (Å²) in [4.78, 5) is 21.5. The van der Waals surface area contributed by atoms with E-state index in [9.17, 15) is 18.0 Å². The van der Waals surface area contributed by atoms with E-state index in [2.05, 4.69) is 0 Å². The van der Waals surface area contributed by atoms with Crippen LogP contribution < -0.4 is 0 Å². The van der Waals surface area contributed by atoms with Gasteiger partial charge in [-0.3, -0.25) is 9.35 Å². The number of aldehydes is 1. The van der Waals surface area contributed by atoms with Gasteiger partial charge in [-0.25, -0.2) is 0 Å². The van der Waals surface area contributed by atoms with Crippen LogP contribution in [0.1, 0.15) is 13.3 Å². The van der Waals surface area contributed by atoms with Crippen molar-refractivity contribution in [3.63, 3.8) is 0 Å². The molecule has 0 fully saturated rings. The van der Waals surface area contributed by atoms with Crippen LogP contribution in [-0.2, 0) is 29.2 Å². The molecule has 1 N–H and O–H groups in total. The quantitative estimate of drug-likeness (QED) is 0.322. The number of carbonyl (C=O) groups is 2. The minimum Gasteiger partial charge on any atom is -0.379 e. The van der Waals surface area contributed by atoms with E-state index in [1.54, 1.807) is 0 Å². The topological polar surface area (TPSA) is 107 Å². The Morgan fingerprint density at radius 2 is 1.94 bits per heavy atom. The molecular weight excluding hydrogens is 252 g/mol. The van der Waals surface area contributed by atoms with Crippen molar-refractivity contribution in [3.05, 3.63) is 0 Å². The minimum atomic E-state index is -4.52. The van der Waals surface area contributed by atoms with E-state index < -0.39 is 27.6 Å². The molecule has 0 aromatic carbocycles. The lowest BCUT2D eigenvalue weighted by molar-refractivity contribution is -0.125. The molecule has 0 radical (unpaired) electrons. The molecular formula is C9H16O7S. The van der Waals surface area contributed by atoms with Crippen LogP contribution in [0.2, 0.25) is 0 Å². The van der Waals surface area contributed by atoms with Crippen LogP contribution in [0.5, 0.6) is 0 Å². The second kappa shape index (κ2) is 8.29.